The summed E-state index contributed by atoms with van der Waals surface area (Å²) in [6, 6.07) is 6.49. The average molecular weight is 484 g/mol. The second-order valence-corrected chi connectivity index (χ2v) is 8.84. The van der Waals surface area contributed by atoms with Gasteiger partial charge in [-0.3, -0.25) is 4.79 Å². The van der Waals surface area contributed by atoms with E-state index in [1.165, 1.54) is 6.20 Å². The Morgan fingerprint density at radius 2 is 2.00 bits per heavy atom. The lowest BCUT2D eigenvalue weighted by Crippen LogP contribution is -2.43. The summed E-state index contributed by atoms with van der Waals surface area (Å²) in [7, 11) is 2.15. The van der Waals surface area contributed by atoms with E-state index in [9.17, 15) is 4.79 Å². The first-order valence-corrected chi connectivity index (χ1v) is 12.0. The predicted molar refractivity (Wildman–Crippen MR) is 134 cm³/mol. The van der Waals surface area contributed by atoms with Crippen LogP contribution < -0.4 is 15.6 Å². The molecule has 0 atom stereocenters. The molecule has 1 amide bonds. The highest BCUT2D eigenvalue weighted by molar-refractivity contribution is 6.29. The standard InChI is InChI=1S/C24H31ClN8O/c1-5-32-18-8-7-17(16(3)31-11-9-30(4)10-12-31)13-19(18)33(6-2)21(32)15-28-24(34)22-23(26)27-14-20(25)29-22/h7-8,13-14H,3,5-6,9-12,15H2,1-2,4H3,(H2-,26,27,28,34)/p+1. The van der Waals surface area contributed by atoms with Crippen molar-refractivity contribution in [2.24, 2.45) is 0 Å². The van der Waals surface area contributed by atoms with E-state index in [1.54, 1.807) is 0 Å². The van der Waals surface area contributed by atoms with Crippen molar-refractivity contribution in [3.05, 3.63) is 53.2 Å². The molecule has 0 aliphatic carbocycles. The smallest absolute Gasteiger partial charge is 0.277 e. The molecule has 10 heteroatoms. The second kappa shape index (κ2) is 9.99. The number of nitrogens with zero attached hydrogens (tertiary/aromatic N) is 6. The summed E-state index contributed by atoms with van der Waals surface area (Å²) in [4.78, 5) is 25.4. The Morgan fingerprint density at radius 3 is 2.68 bits per heavy atom. The van der Waals surface area contributed by atoms with Crippen molar-refractivity contribution in [3.8, 4) is 0 Å². The molecule has 2 aromatic heterocycles. The van der Waals surface area contributed by atoms with Gasteiger partial charge < -0.3 is 20.9 Å². The number of anilines is 1. The molecule has 34 heavy (non-hydrogen) atoms. The number of nitrogen functional groups attached to an aromatic ring is 1. The first-order chi connectivity index (χ1) is 16.3. The number of nitrogens with one attached hydrogen (secondary N) is 1. The van der Waals surface area contributed by atoms with E-state index < -0.39 is 5.91 Å². The third-order valence-corrected chi connectivity index (χ3v) is 6.61. The minimum Gasteiger partial charge on any atom is -0.382 e. The van der Waals surface area contributed by atoms with E-state index in [4.69, 9.17) is 17.3 Å². The maximum Gasteiger partial charge on any atom is 0.277 e. The number of rotatable bonds is 7. The van der Waals surface area contributed by atoms with Crippen LogP contribution >= 0.6 is 11.6 Å². The fourth-order valence-electron chi connectivity index (χ4n) is 4.51. The number of carbonyl (C=O) groups is 1. The molecule has 1 aliphatic rings. The number of hydrogen-bond acceptors (Lipinski definition) is 6. The summed E-state index contributed by atoms with van der Waals surface area (Å²) >= 11 is 5.90. The first-order valence-electron chi connectivity index (χ1n) is 11.6. The Kier molecular flexibility index (Phi) is 7.04. The number of imidazole rings is 1. The largest absolute Gasteiger partial charge is 0.382 e. The van der Waals surface area contributed by atoms with Crippen molar-refractivity contribution in [1.29, 1.82) is 0 Å². The number of hydrogen-bond donors (Lipinski definition) is 2. The number of aryl methyl sites for hydroxylation is 2. The number of carbonyl (C=O) groups excluding carboxylic acids is 1. The Balaban J connectivity index is 1.63. The summed E-state index contributed by atoms with van der Waals surface area (Å²) in [6.07, 6.45) is 1.32. The zero-order chi connectivity index (χ0) is 24.4. The molecule has 1 fully saturated rings. The molecular weight excluding hydrogens is 452 g/mol. The number of amides is 1. The van der Waals surface area contributed by atoms with Crippen molar-refractivity contribution >= 4 is 40.1 Å². The van der Waals surface area contributed by atoms with Gasteiger partial charge in [0.15, 0.2) is 22.5 Å². The van der Waals surface area contributed by atoms with Gasteiger partial charge in [0.1, 0.15) is 11.7 Å². The lowest BCUT2D eigenvalue weighted by molar-refractivity contribution is -0.676. The molecule has 9 nitrogen and oxygen atoms in total. The Hall–Kier alpha value is -3.17. The van der Waals surface area contributed by atoms with Crippen LogP contribution in [0.1, 0.15) is 35.7 Å². The summed E-state index contributed by atoms with van der Waals surface area (Å²) in [6.45, 7) is 14.5. The van der Waals surface area contributed by atoms with Gasteiger partial charge in [-0.2, -0.15) is 0 Å². The van der Waals surface area contributed by atoms with Gasteiger partial charge in [0.05, 0.1) is 19.3 Å². The fraction of sp³-hybridized carbons (Fsp3) is 0.417. The monoisotopic (exact) mass is 483 g/mol. The van der Waals surface area contributed by atoms with E-state index in [0.29, 0.717) is 6.54 Å². The molecule has 0 bridgehead atoms. The summed E-state index contributed by atoms with van der Waals surface area (Å²) in [5.41, 5.74) is 10.3. The zero-order valence-corrected chi connectivity index (χ0v) is 20.8. The van der Waals surface area contributed by atoms with Crippen LogP contribution in [-0.4, -0.2) is 63.5 Å². The number of piperazine rings is 1. The van der Waals surface area contributed by atoms with Gasteiger partial charge in [0, 0.05) is 37.4 Å². The topological polar surface area (TPSA) is 96.2 Å². The molecule has 3 heterocycles. The van der Waals surface area contributed by atoms with Crippen molar-refractivity contribution in [3.63, 3.8) is 0 Å². The highest BCUT2D eigenvalue weighted by Crippen LogP contribution is 2.24. The van der Waals surface area contributed by atoms with Crippen LogP contribution in [0.2, 0.25) is 5.15 Å². The highest BCUT2D eigenvalue weighted by Gasteiger charge is 2.26. The Bertz CT molecular complexity index is 1230. The predicted octanol–water partition coefficient (Wildman–Crippen LogP) is 2.14. The van der Waals surface area contributed by atoms with Crippen molar-refractivity contribution in [2.45, 2.75) is 33.5 Å². The van der Waals surface area contributed by atoms with Gasteiger partial charge in [-0.15, -0.1) is 0 Å². The minimum absolute atomic E-state index is 0.0282. The Labute approximate surface area is 204 Å². The maximum absolute atomic E-state index is 12.8. The van der Waals surface area contributed by atoms with E-state index in [0.717, 1.165) is 67.4 Å². The lowest BCUT2D eigenvalue weighted by atomic mass is 10.1. The van der Waals surface area contributed by atoms with Crippen LogP contribution in [0.3, 0.4) is 0 Å². The minimum atomic E-state index is -0.410. The van der Waals surface area contributed by atoms with Crippen LogP contribution in [0.4, 0.5) is 5.82 Å². The quantitative estimate of drug-likeness (QED) is 0.500. The third kappa shape index (κ3) is 4.58. The molecule has 0 spiro atoms. The highest BCUT2D eigenvalue weighted by atomic mass is 35.5. The van der Waals surface area contributed by atoms with Gasteiger partial charge in [-0.1, -0.05) is 18.2 Å². The lowest BCUT2D eigenvalue weighted by Gasteiger charge is -2.35. The van der Waals surface area contributed by atoms with E-state index >= 15 is 0 Å². The summed E-state index contributed by atoms with van der Waals surface area (Å²) < 4.78 is 4.45. The van der Waals surface area contributed by atoms with Gasteiger partial charge in [0.25, 0.3) is 11.7 Å². The molecule has 0 saturated carbocycles. The fourth-order valence-corrected chi connectivity index (χ4v) is 4.65. The summed E-state index contributed by atoms with van der Waals surface area (Å²) in [5, 5.41) is 3.06. The normalized spacial score (nSPS) is 14.5. The molecule has 4 rings (SSSR count). The van der Waals surface area contributed by atoms with Crippen molar-refractivity contribution in [1.82, 2.24) is 29.7 Å². The zero-order valence-electron chi connectivity index (χ0n) is 20.0. The summed E-state index contributed by atoms with van der Waals surface area (Å²) in [5.74, 6) is 0.629. The maximum atomic E-state index is 12.8. The molecule has 1 aliphatic heterocycles. The van der Waals surface area contributed by atoms with Gasteiger partial charge in [0.2, 0.25) is 0 Å². The SMILES string of the molecule is C=C(c1ccc2c(c1)n(CC)c(CNC(=O)c1nc(Cl)cnc1N)[n+]2CC)N1CCN(C)CC1. The van der Waals surface area contributed by atoms with E-state index in [2.05, 4.69) is 79.9 Å². The van der Waals surface area contributed by atoms with Crippen LogP contribution in [0.25, 0.3) is 16.7 Å². The molecule has 180 valence electrons. The second-order valence-electron chi connectivity index (χ2n) is 8.45. The van der Waals surface area contributed by atoms with E-state index in [-0.39, 0.29) is 16.7 Å². The number of halogens is 1. The number of benzene rings is 1. The molecule has 3 aromatic rings. The number of fused-ring (bicyclic) bond motifs is 1. The van der Waals surface area contributed by atoms with Crippen molar-refractivity contribution in [2.75, 3.05) is 39.0 Å². The van der Waals surface area contributed by atoms with Crippen molar-refractivity contribution < 1.29 is 9.36 Å². The van der Waals surface area contributed by atoms with Gasteiger partial charge in [-0.05, 0) is 39.1 Å². The first kappa shape index (κ1) is 24.0. The molecule has 1 aromatic carbocycles. The van der Waals surface area contributed by atoms with Gasteiger partial charge >= 0.3 is 0 Å². The number of aromatic nitrogens is 4. The third-order valence-electron chi connectivity index (χ3n) is 6.42. The van der Waals surface area contributed by atoms with Crippen LogP contribution in [-0.2, 0) is 19.6 Å². The Morgan fingerprint density at radius 1 is 1.26 bits per heavy atom. The molecular formula is C24H32ClN8O+. The molecule has 0 radical (unpaired) electrons. The van der Waals surface area contributed by atoms with E-state index in [1.807, 2.05) is 0 Å². The number of nitrogens with two attached hydrogens (primary N) is 1. The molecule has 1 saturated heterocycles. The van der Waals surface area contributed by atoms with Crippen LogP contribution in [0.15, 0.2) is 31.0 Å². The molecule has 3 N–H and O–H groups in total. The van der Waals surface area contributed by atoms with Gasteiger partial charge in [-0.25, -0.2) is 19.1 Å². The number of likely N-dealkylation sites (N-methyl/N-ethyl adjacent to an activating group) is 1. The average Bonchev–Trinajstić information content (AvgIpc) is 3.15. The van der Waals surface area contributed by atoms with Crippen LogP contribution in [0, 0.1) is 0 Å². The van der Waals surface area contributed by atoms with Crippen LogP contribution in [0.5, 0.6) is 0 Å². The molecule has 0 unspecified atom stereocenters.